The summed E-state index contributed by atoms with van der Waals surface area (Å²) < 4.78 is 12.9. The molecule has 0 fully saturated rings. The Hall–Kier alpha value is -1.23. The zero-order valence-electron chi connectivity index (χ0n) is 10.3. The van der Waals surface area contributed by atoms with E-state index in [1.807, 2.05) is 7.05 Å². The first-order chi connectivity index (χ1) is 8.70. The normalized spacial score (nSPS) is 12.9. The van der Waals surface area contributed by atoms with Gasteiger partial charge in [-0.3, -0.25) is 4.90 Å². The Morgan fingerprint density at radius 1 is 1.28 bits per heavy atom. The topological polar surface area (TPSA) is 29.3 Å². The van der Waals surface area contributed by atoms with Crippen molar-refractivity contribution < 1.29 is 4.39 Å². The number of rotatable bonds is 5. The Balaban J connectivity index is 2.10. The van der Waals surface area contributed by atoms with Crippen LogP contribution in [-0.4, -0.2) is 18.5 Å². The Bertz CT molecular complexity index is 467. The molecule has 0 aliphatic rings. The van der Waals surface area contributed by atoms with Crippen molar-refractivity contribution in [2.24, 2.45) is 5.73 Å². The van der Waals surface area contributed by atoms with Crippen LogP contribution in [-0.2, 0) is 6.54 Å². The quantitative estimate of drug-likeness (QED) is 0.899. The van der Waals surface area contributed by atoms with E-state index in [-0.39, 0.29) is 11.9 Å². The summed E-state index contributed by atoms with van der Waals surface area (Å²) in [6, 6.07) is 8.80. The molecule has 2 nitrogen and oxygen atoms in total. The van der Waals surface area contributed by atoms with Crippen LogP contribution in [0.25, 0.3) is 0 Å². The molecule has 2 rings (SSSR count). The third-order valence-electron chi connectivity index (χ3n) is 3.02. The van der Waals surface area contributed by atoms with Crippen molar-refractivity contribution in [1.82, 2.24) is 4.90 Å². The minimum Gasteiger partial charge on any atom is -0.329 e. The van der Waals surface area contributed by atoms with Gasteiger partial charge in [0.2, 0.25) is 0 Å². The summed E-state index contributed by atoms with van der Waals surface area (Å²) in [4.78, 5) is 2.19. The molecule has 0 amide bonds. The lowest BCUT2D eigenvalue weighted by atomic mass is 10.1. The molecule has 1 aromatic carbocycles. The van der Waals surface area contributed by atoms with Crippen molar-refractivity contribution in [3.05, 3.63) is 58.0 Å². The first-order valence-electron chi connectivity index (χ1n) is 5.87. The van der Waals surface area contributed by atoms with Crippen molar-refractivity contribution in [3.63, 3.8) is 0 Å². The van der Waals surface area contributed by atoms with E-state index in [0.29, 0.717) is 6.54 Å². The molecular formula is C14H17FN2S. The molecule has 0 bridgehead atoms. The van der Waals surface area contributed by atoms with Crippen molar-refractivity contribution in [2.75, 3.05) is 13.6 Å². The smallest absolute Gasteiger partial charge is 0.123 e. The third-order valence-corrected chi connectivity index (χ3v) is 3.75. The predicted molar refractivity (Wildman–Crippen MR) is 74.0 cm³/mol. The zero-order chi connectivity index (χ0) is 13.0. The minimum atomic E-state index is -0.213. The van der Waals surface area contributed by atoms with Crippen LogP contribution in [0.1, 0.15) is 17.2 Å². The van der Waals surface area contributed by atoms with Gasteiger partial charge in [0, 0.05) is 19.1 Å². The summed E-state index contributed by atoms with van der Waals surface area (Å²) in [5, 5.41) is 4.20. The first-order valence-corrected chi connectivity index (χ1v) is 6.82. The minimum absolute atomic E-state index is 0.116. The first kappa shape index (κ1) is 13.2. The highest BCUT2D eigenvalue weighted by Gasteiger charge is 2.15. The van der Waals surface area contributed by atoms with Gasteiger partial charge in [0.15, 0.2) is 0 Å². The van der Waals surface area contributed by atoms with Gasteiger partial charge in [0.1, 0.15) is 5.82 Å². The highest BCUT2D eigenvalue weighted by Crippen LogP contribution is 2.21. The molecule has 1 aromatic heterocycles. The van der Waals surface area contributed by atoms with E-state index in [1.165, 1.54) is 17.7 Å². The summed E-state index contributed by atoms with van der Waals surface area (Å²) in [5.74, 6) is -0.213. The number of benzene rings is 1. The Morgan fingerprint density at radius 2 is 2.00 bits per heavy atom. The van der Waals surface area contributed by atoms with Crippen molar-refractivity contribution in [3.8, 4) is 0 Å². The number of hydrogen-bond donors (Lipinski definition) is 1. The summed E-state index contributed by atoms with van der Waals surface area (Å²) in [5.41, 5.74) is 8.17. The lowest BCUT2D eigenvalue weighted by molar-refractivity contribution is 0.242. The number of thiophene rings is 1. The lowest BCUT2D eigenvalue weighted by Crippen LogP contribution is -2.30. The lowest BCUT2D eigenvalue weighted by Gasteiger charge is -2.27. The molecule has 1 unspecified atom stereocenters. The number of likely N-dealkylation sites (N-methyl/N-ethyl adjacent to an activating group) is 1. The number of halogens is 1. The molecule has 0 radical (unpaired) electrons. The highest BCUT2D eigenvalue weighted by atomic mass is 32.1. The second-order valence-corrected chi connectivity index (χ2v) is 5.13. The maximum Gasteiger partial charge on any atom is 0.123 e. The molecule has 0 aliphatic carbocycles. The molecule has 2 N–H and O–H groups in total. The maximum absolute atomic E-state index is 12.9. The second-order valence-electron chi connectivity index (χ2n) is 4.35. The van der Waals surface area contributed by atoms with Gasteiger partial charge in [-0.2, -0.15) is 11.3 Å². The van der Waals surface area contributed by atoms with Crippen LogP contribution >= 0.6 is 11.3 Å². The van der Waals surface area contributed by atoms with Crippen LogP contribution in [0.4, 0.5) is 4.39 Å². The summed E-state index contributed by atoms with van der Waals surface area (Å²) >= 11 is 1.69. The molecular weight excluding hydrogens is 247 g/mol. The Labute approximate surface area is 111 Å². The van der Waals surface area contributed by atoms with Gasteiger partial charge < -0.3 is 5.73 Å². The Kier molecular flexibility index (Phi) is 4.47. The van der Waals surface area contributed by atoms with Crippen LogP contribution in [0.5, 0.6) is 0 Å². The second kappa shape index (κ2) is 6.09. The van der Waals surface area contributed by atoms with Crippen LogP contribution in [0.15, 0.2) is 41.1 Å². The molecule has 2 aromatic rings. The predicted octanol–water partition coefficient (Wildman–Crippen LogP) is 3.02. The van der Waals surface area contributed by atoms with Gasteiger partial charge >= 0.3 is 0 Å². The van der Waals surface area contributed by atoms with Crippen molar-refractivity contribution in [2.45, 2.75) is 12.6 Å². The molecule has 0 aliphatic heterocycles. The van der Waals surface area contributed by atoms with E-state index in [0.717, 1.165) is 12.1 Å². The average Bonchev–Trinajstić information content (AvgIpc) is 2.85. The van der Waals surface area contributed by atoms with Gasteiger partial charge in [0.05, 0.1) is 0 Å². The number of nitrogens with zero attached hydrogens (tertiary/aromatic N) is 1. The largest absolute Gasteiger partial charge is 0.329 e. The summed E-state index contributed by atoms with van der Waals surface area (Å²) in [6.07, 6.45) is 0. The van der Waals surface area contributed by atoms with Gasteiger partial charge in [-0.15, -0.1) is 0 Å². The van der Waals surface area contributed by atoms with Gasteiger partial charge in [-0.25, -0.2) is 4.39 Å². The highest BCUT2D eigenvalue weighted by molar-refractivity contribution is 7.07. The molecule has 0 saturated heterocycles. The average molecular weight is 264 g/mol. The number of nitrogens with two attached hydrogens (primary N) is 1. The fourth-order valence-electron chi connectivity index (χ4n) is 2.04. The summed E-state index contributed by atoms with van der Waals surface area (Å²) in [6.45, 7) is 1.37. The van der Waals surface area contributed by atoms with Crippen LogP contribution in [0, 0.1) is 5.82 Å². The van der Waals surface area contributed by atoms with E-state index in [4.69, 9.17) is 5.73 Å². The fourth-order valence-corrected chi connectivity index (χ4v) is 2.70. The third kappa shape index (κ3) is 3.16. The molecule has 1 atom stereocenters. The van der Waals surface area contributed by atoms with E-state index < -0.39 is 0 Å². The van der Waals surface area contributed by atoms with E-state index in [1.54, 1.807) is 23.5 Å². The Morgan fingerprint density at radius 3 is 2.56 bits per heavy atom. The molecule has 96 valence electrons. The number of hydrogen-bond acceptors (Lipinski definition) is 3. The fraction of sp³-hybridized carbons (Fsp3) is 0.286. The van der Waals surface area contributed by atoms with Gasteiger partial charge in [-0.05, 0) is 47.1 Å². The molecule has 1 heterocycles. The zero-order valence-corrected chi connectivity index (χ0v) is 11.2. The monoisotopic (exact) mass is 264 g/mol. The summed E-state index contributed by atoms with van der Waals surface area (Å²) in [7, 11) is 2.04. The standard InChI is InChI=1S/C14H17FN2S/c1-17(9-11-6-7-18-10-11)14(8-16)12-2-4-13(15)5-3-12/h2-7,10,14H,8-9,16H2,1H3. The van der Waals surface area contributed by atoms with Gasteiger partial charge in [-0.1, -0.05) is 12.1 Å². The molecule has 18 heavy (non-hydrogen) atoms. The van der Waals surface area contributed by atoms with E-state index in [9.17, 15) is 4.39 Å². The maximum atomic E-state index is 12.9. The van der Waals surface area contributed by atoms with Crippen molar-refractivity contribution >= 4 is 11.3 Å². The van der Waals surface area contributed by atoms with Crippen LogP contribution < -0.4 is 5.73 Å². The molecule has 0 spiro atoms. The van der Waals surface area contributed by atoms with Gasteiger partial charge in [0.25, 0.3) is 0 Å². The SMILES string of the molecule is CN(Cc1ccsc1)C(CN)c1ccc(F)cc1. The van der Waals surface area contributed by atoms with E-state index >= 15 is 0 Å². The molecule has 0 saturated carbocycles. The molecule has 4 heteroatoms. The van der Waals surface area contributed by atoms with Crippen LogP contribution in [0.3, 0.4) is 0 Å². The van der Waals surface area contributed by atoms with E-state index in [2.05, 4.69) is 21.7 Å². The van der Waals surface area contributed by atoms with Crippen LogP contribution in [0.2, 0.25) is 0 Å². The van der Waals surface area contributed by atoms with Crippen molar-refractivity contribution in [1.29, 1.82) is 0 Å².